The van der Waals surface area contributed by atoms with Crippen molar-refractivity contribution >= 4 is 34.8 Å². The Morgan fingerprint density at radius 1 is 1.32 bits per heavy atom. The summed E-state index contributed by atoms with van der Waals surface area (Å²) in [5, 5.41) is 13.5. The molecular formula is C17H15Cl2N3O3. The van der Waals surface area contributed by atoms with Crippen molar-refractivity contribution < 1.29 is 14.6 Å². The molecule has 2 N–H and O–H groups in total. The van der Waals surface area contributed by atoms with Crippen LogP contribution in [0.2, 0.25) is 10.2 Å². The maximum absolute atomic E-state index is 12.9. The van der Waals surface area contributed by atoms with E-state index in [9.17, 15) is 9.90 Å². The number of aromatic nitrogens is 2. The van der Waals surface area contributed by atoms with Gasteiger partial charge in [0.1, 0.15) is 5.15 Å². The van der Waals surface area contributed by atoms with E-state index in [1.807, 2.05) is 12.1 Å². The maximum Gasteiger partial charge on any atom is 0.230 e. The summed E-state index contributed by atoms with van der Waals surface area (Å²) in [4.78, 5) is 20.8. The van der Waals surface area contributed by atoms with Crippen LogP contribution < -0.4 is 5.32 Å². The van der Waals surface area contributed by atoms with Crippen LogP contribution in [0.15, 0.2) is 36.8 Å². The number of hydrogen-bond acceptors (Lipinski definition) is 5. The van der Waals surface area contributed by atoms with Crippen molar-refractivity contribution in [2.24, 2.45) is 5.92 Å². The number of aliphatic hydroxyl groups excluding tert-OH is 1. The van der Waals surface area contributed by atoms with E-state index in [2.05, 4.69) is 15.3 Å². The summed E-state index contributed by atoms with van der Waals surface area (Å²) < 4.78 is 5.87. The molecule has 5 atom stereocenters. The van der Waals surface area contributed by atoms with Crippen LogP contribution in [-0.4, -0.2) is 39.3 Å². The number of amides is 1. The van der Waals surface area contributed by atoms with Gasteiger partial charge in [-0.25, -0.2) is 4.98 Å². The van der Waals surface area contributed by atoms with E-state index in [4.69, 9.17) is 27.9 Å². The Labute approximate surface area is 154 Å². The molecule has 0 radical (unpaired) electrons. The van der Waals surface area contributed by atoms with Gasteiger partial charge in [0.25, 0.3) is 0 Å². The molecule has 0 unspecified atom stereocenters. The Morgan fingerprint density at radius 2 is 2.08 bits per heavy atom. The van der Waals surface area contributed by atoms with Crippen molar-refractivity contribution in [2.45, 2.75) is 30.7 Å². The summed E-state index contributed by atoms with van der Waals surface area (Å²) >= 11 is 11.8. The Bertz CT molecular complexity index is 805. The number of ether oxygens (including phenoxy) is 1. The van der Waals surface area contributed by atoms with E-state index in [1.54, 1.807) is 18.5 Å². The zero-order valence-corrected chi connectivity index (χ0v) is 14.5. The highest BCUT2D eigenvalue weighted by Gasteiger charge is 2.56. The molecular weight excluding hydrogens is 365 g/mol. The summed E-state index contributed by atoms with van der Waals surface area (Å²) in [7, 11) is 0. The second-order valence-electron chi connectivity index (χ2n) is 6.26. The number of aliphatic hydroxyl groups is 1. The van der Waals surface area contributed by atoms with Crippen LogP contribution in [0.25, 0.3) is 0 Å². The Morgan fingerprint density at radius 3 is 2.80 bits per heavy atom. The first-order valence-corrected chi connectivity index (χ1v) is 8.65. The van der Waals surface area contributed by atoms with Gasteiger partial charge in [-0.05, 0) is 23.8 Å². The van der Waals surface area contributed by atoms with Gasteiger partial charge in [-0.3, -0.25) is 9.78 Å². The first-order chi connectivity index (χ1) is 12.0. The van der Waals surface area contributed by atoms with E-state index < -0.39 is 18.1 Å². The first-order valence-electron chi connectivity index (χ1n) is 7.90. The number of pyridine rings is 2. The summed E-state index contributed by atoms with van der Waals surface area (Å²) in [6, 6.07) is 5.25. The zero-order chi connectivity index (χ0) is 17.6. The average Bonchev–Trinajstić information content (AvgIpc) is 3.16. The fourth-order valence-corrected chi connectivity index (χ4v) is 4.01. The number of rotatable bonds is 3. The van der Waals surface area contributed by atoms with Gasteiger partial charge in [-0.15, -0.1) is 0 Å². The summed E-state index contributed by atoms with van der Waals surface area (Å²) in [5.41, 5.74) is 1.39. The molecule has 0 aliphatic carbocycles. The number of halogens is 2. The van der Waals surface area contributed by atoms with Gasteiger partial charge < -0.3 is 15.2 Å². The van der Waals surface area contributed by atoms with Gasteiger partial charge in [0.2, 0.25) is 5.91 Å². The third-order valence-electron chi connectivity index (χ3n) is 4.78. The lowest BCUT2D eigenvalue weighted by atomic mass is 9.74. The number of carbonyl (C=O) groups excluding carboxylic acids is 1. The first kappa shape index (κ1) is 16.7. The molecule has 4 heterocycles. The van der Waals surface area contributed by atoms with Crippen LogP contribution >= 0.6 is 23.2 Å². The van der Waals surface area contributed by atoms with E-state index >= 15 is 0 Å². The standard InChI is InChI=1S/C17H15Cl2N3O3/c18-10-5-9(7-21-16(10)19)22-17(24)14-12-6-11(23)15(25-12)13(14)8-1-3-20-4-2-8/h1-5,7,11-15,23H,6H2,(H,22,24)/t11-,12+,13+,14+,15-/m1/s1. The Kier molecular flexibility index (Phi) is 4.37. The minimum atomic E-state index is -0.571. The van der Waals surface area contributed by atoms with E-state index in [0.29, 0.717) is 12.1 Å². The molecule has 4 rings (SSSR count). The molecule has 25 heavy (non-hydrogen) atoms. The lowest BCUT2D eigenvalue weighted by molar-refractivity contribution is -0.121. The highest BCUT2D eigenvalue weighted by atomic mass is 35.5. The van der Waals surface area contributed by atoms with Crippen molar-refractivity contribution in [2.75, 3.05) is 5.32 Å². The topological polar surface area (TPSA) is 84.3 Å². The summed E-state index contributed by atoms with van der Waals surface area (Å²) in [6.45, 7) is 0. The van der Waals surface area contributed by atoms with Gasteiger partial charge in [0.05, 0.1) is 41.1 Å². The molecule has 6 nitrogen and oxygen atoms in total. The third-order valence-corrected chi connectivity index (χ3v) is 5.47. The maximum atomic E-state index is 12.9. The number of nitrogens with zero attached hydrogens (tertiary/aromatic N) is 2. The number of hydrogen-bond donors (Lipinski definition) is 2. The molecule has 2 aliphatic rings. The third kappa shape index (κ3) is 3.00. The van der Waals surface area contributed by atoms with Crippen LogP contribution in [0.3, 0.4) is 0 Å². The van der Waals surface area contributed by atoms with Gasteiger partial charge in [0.15, 0.2) is 0 Å². The van der Waals surface area contributed by atoms with Crippen LogP contribution in [0.4, 0.5) is 5.69 Å². The highest BCUT2D eigenvalue weighted by molar-refractivity contribution is 6.41. The summed E-state index contributed by atoms with van der Waals surface area (Å²) in [6.07, 6.45) is 3.96. The van der Waals surface area contributed by atoms with Crippen molar-refractivity contribution in [3.63, 3.8) is 0 Å². The Balaban J connectivity index is 1.61. The lowest BCUT2D eigenvalue weighted by Crippen LogP contribution is -2.41. The monoisotopic (exact) mass is 379 g/mol. The molecule has 8 heteroatoms. The highest BCUT2D eigenvalue weighted by Crippen LogP contribution is 2.49. The quantitative estimate of drug-likeness (QED) is 0.800. The summed E-state index contributed by atoms with van der Waals surface area (Å²) in [5.74, 6) is -0.834. The van der Waals surface area contributed by atoms with Crippen LogP contribution in [0, 0.1) is 5.92 Å². The van der Waals surface area contributed by atoms with E-state index in [1.165, 1.54) is 6.20 Å². The predicted molar refractivity (Wildman–Crippen MR) is 92.6 cm³/mol. The van der Waals surface area contributed by atoms with Gasteiger partial charge in [-0.1, -0.05) is 23.2 Å². The molecule has 130 valence electrons. The van der Waals surface area contributed by atoms with Crippen molar-refractivity contribution in [1.82, 2.24) is 9.97 Å². The molecule has 0 spiro atoms. The van der Waals surface area contributed by atoms with Crippen molar-refractivity contribution in [3.05, 3.63) is 52.5 Å². The molecule has 2 saturated heterocycles. The minimum absolute atomic E-state index is 0.181. The number of carbonyl (C=O) groups is 1. The predicted octanol–water partition coefficient (Wildman–Crippen LogP) is 2.65. The van der Waals surface area contributed by atoms with Crippen LogP contribution in [0.1, 0.15) is 17.9 Å². The molecule has 2 bridgehead atoms. The van der Waals surface area contributed by atoms with Crippen LogP contribution in [-0.2, 0) is 9.53 Å². The van der Waals surface area contributed by atoms with Crippen LogP contribution in [0.5, 0.6) is 0 Å². The van der Waals surface area contributed by atoms with Gasteiger partial charge >= 0.3 is 0 Å². The molecule has 2 aromatic heterocycles. The van der Waals surface area contributed by atoms with E-state index in [0.717, 1.165) is 5.56 Å². The number of fused-ring (bicyclic) bond motifs is 2. The Hall–Kier alpha value is -1.73. The SMILES string of the molecule is O=C(Nc1cnc(Cl)c(Cl)c1)[C@@H]1[C@H](c2ccncc2)[C@@H]2O[C@H]1C[C@H]2O. The molecule has 0 saturated carbocycles. The molecule has 2 aromatic rings. The number of anilines is 1. The second-order valence-corrected chi connectivity index (χ2v) is 7.03. The van der Waals surface area contributed by atoms with Crippen molar-refractivity contribution in [3.8, 4) is 0 Å². The largest absolute Gasteiger partial charge is 0.390 e. The van der Waals surface area contributed by atoms with Gasteiger partial charge in [0, 0.05) is 24.7 Å². The van der Waals surface area contributed by atoms with E-state index in [-0.39, 0.29) is 28.1 Å². The second kappa shape index (κ2) is 6.53. The van der Waals surface area contributed by atoms with Gasteiger partial charge in [-0.2, -0.15) is 0 Å². The zero-order valence-electron chi connectivity index (χ0n) is 13.0. The number of nitrogens with one attached hydrogen (secondary N) is 1. The molecule has 2 fully saturated rings. The normalized spacial score (nSPS) is 30.4. The fraction of sp³-hybridized carbons (Fsp3) is 0.353. The lowest BCUT2D eigenvalue weighted by Gasteiger charge is -2.30. The average molecular weight is 380 g/mol. The smallest absolute Gasteiger partial charge is 0.230 e. The molecule has 0 aromatic carbocycles. The minimum Gasteiger partial charge on any atom is -0.390 e. The molecule has 1 amide bonds. The fourth-order valence-electron chi connectivity index (χ4n) is 3.74. The van der Waals surface area contributed by atoms with Crippen molar-refractivity contribution in [1.29, 1.82) is 0 Å². The molecule has 2 aliphatic heterocycles.